The lowest BCUT2D eigenvalue weighted by atomic mass is 9.56. The predicted molar refractivity (Wildman–Crippen MR) is 156 cm³/mol. The molecule has 3 aromatic rings. The Morgan fingerprint density at radius 1 is 1.20 bits per heavy atom. The molecule has 0 bridgehead atoms. The molecule has 40 heavy (non-hydrogen) atoms. The maximum absolute atomic E-state index is 11.5. The van der Waals surface area contributed by atoms with Crippen LogP contribution in [0.15, 0.2) is 60.6 Å². The fraction of sp³-hybridized carbons (Fsp3) is 0.452. The molecule has 2 aliphatic carbocycles. The Kier molecular flexibility index (Phi) is 8.23. The van der Waals surface area contributed by atoms with Gasteiger partial charge >= 0.3 is 0 Å². The highest BCUT2D eigenvalue weighted by Crippen LogP contribution is 2.56. The van der Waals surface area contributed by atoms with E-state index in [1.807, 2.05) is 25.1 Å². The van der Waals surface area contributed by atoms with Gasteiger partial charge in [0.15, 0.2) is 0 Å². The molecule has 2 heterocycles. The Bertz CT molecular complexity index is 1360. The van der Waals surface area contributed by atoms with Crippen molar-refractivity contribution in [1.82, 2.24) is 20.1 Å². The van der Waals surface area contributed by atoms with E-state index in [4.69, 9.17) is 11.6 Å². The van der Waals surface area contributed by atoms with E-state index in [1.165, 1.54) is 17.0 Å². The standard InChI is InChI=1S/C28H32N6O2.C3H8O/c29-27(14-34(30)25(15-35)18-4-3-5-18)33-16-28(17-33)12-21(13-28)19-8-9-20-11-24(32-31-23(20)10-19)22-6-1-2-7-26(22)36;1-3-4-2/h1-2,6-11,14-15,18,21,25,36H,3-5,12-13,16-17,29-30H2;3H2,1-2H3/b27-14+;. The van der Waals surface area contributed by atoms with Crippen molar-refractivity contribution in [3.8, 4) is 17.0 Å². The zero-order valence-electron chi connectivity index (χ0n) is 23.4. The Hall–Kier alpha value is -3.69. The lowest BCUT2D eigenvalue weighted by molar-refractivity contribution is -0.114. The SMILES string of the molecule is CCOC.N/C(=C\N(N)C(C=O)C1CCC1)N1CC2(CC(c3ccc4cc(-c5ccccc5O)nnc4c3)C2)C1. The lowest BCUT2D eigenvalue weighted by Crippen LogP contribution is -2.62. The van der Waals surface area contributed by atoms with Gasteiger partial charge in [-0.2, -0.15) is 0 Å². The average Bonchev–Trinajstić information content (AvgIpc) is 2.89. The number of fused-ring (bicyclic) bond motifs is 1. The second-order valence-corrected chi connectivity index (χ2v) is 11.4. The third-order valence-corrected chi connectivity index (χ3v) is 8.73. The third kappa shape index (κ3) is 5.62. The van der Waals surface area contributed by atoms with Gasteiger partial charge in [0.25, 0.3) is 0 Å². The molecule has 3 fully saturated rings. The van der Waals surface area contributed by atoms with Crippen molar-refractivity contribution < 1.29 is 14.6 Å². The molecule has 5 N–H and O–H groups in total. The molecule has 1 unspecified atom stereocenters. The molecular formula is C31H40N6O3. The van der Waals surface area contributed by atoms with E-state index in [0.717, 1.165) is 62.6 Å². The molecule has 9 nitrogen and oxygen atoms in total. The molecule has 1 aromatic heterocycles. The lowest BCUT2D eigenvalue weighted by Gasteiger charge is -2.60. The first-order valence-corrected chi connectivity index (χ1v) is 14.1. The number of phenolic OH excluding ortho intramolecular Hbond substituents is 1. The van der Waals surface area contributed by atoms with Gasteiger partial charge in [-0.15, -0.1) is 10.2 Å². The van der Waals surface area contributed by atoms with Gasteiger partial charge in [0.05, 0.1) is 17.4 Å². The number of carbonyl (C=O) groups excluding carboxylic acids is 1. The normalized spacial score (nSPS) is 19.2. The number of benzene rings is 2. The maximum Gasteiger partial charge on any atom is 0.144 e. The summed E-state index contributed by atoms with van der Waals surface area (Å²) in [6.45, 7) is 4.62. The maximum atomic E-state index is 11.5. The highest BCUT2D eigenvalue weighted by Gasteiger charge is 2.53. The van der Waals surface area contributed by atoms with Crippen molar-refractivity contribution in [1.29, 1.82) is 0 Å². The van der Waals surface area contributed by atoms with Gasteiger partial charge in [0.2, 0.25) is 0 Å². The second kappa shape index (κ2) is 11.8. The van der Waals surface area contributed by atoms with E-state index in [1.54, 1.807) is 25.4 Å². The van der Waals surface area contributed by atoms with Gasteiger partial charge in [-0.1, -0.05) is 30.7 Å². The number of hydrogen-bond donors (Lipinski definition) is 3. The first kappa shape index (κ1) is 27.9. The van der Waals surface area contributed by atoms with Crippen molar-refractivity contribution in [3.05, 3.63) is 66.1 Å². The molecular weight excluding hydrogens is 504 g/mol. The van der Waals surface area contributed by atoms with Crippen LogP contribution in [0.1, 0.15) is 50.5 Å². The number of nitrogens with zero attached hydrogens (tertiary/aromatic N) is 4. The van der Waals surface area contributed by atoms with E-state index in [-0.39, 0.29) is 11.8 Å². The van der Waals surface area contributed by atoms with Crippen molar-refractivity contribution in [2.75, 3.05) is 26.8 Å². The zero-order chi connectivity index (χ0) is 28.3. The van der Waals surface area contributed by atoms with Gasteiger partial charge in [0, 0.05) is 43.2 Å². The summed E-state index contributed by atoms with van der Waals surface area (Å²) in [4.78, 5) is 13.7. The van der Waals surface area contributed by atoms with Gasteiger partial charge in [-0.3, -0.25) is 0 Å². The number of rotatable bonds is 8. The Labute approximate surface area is 235 Å². The monoisotopic (exact) mass is 544 g/mol. The van der Waals surface area contributed by atoms with Crippen LogP contribution in [-0.2, 0) is 9.53 Å². The highest BCUT2D eigenvalue weighted by molar-refractivity contribution is 5.83. The quantitative estimate of drug-likeness (QED) is 0.218. The van der Waals surface area contributed by atoms with E-state index < -0.39 is 0 Å². The molecule has 1 atom stereocenters. The number of nitrogens with two attached hydrogens (primary N) is 2. The fourth-order valence-electron chi connectivity index (χ4n) is 6.08. The minimum atomic E-state index is -0.286. The van der Waals surface area contributed by atoms with E-state index in [2.05, 4.69) is 38.0 Å². The van der Waals surface area contributed by atoms with Gasteiger partial charge in [0.1, 0.15) is 23.9 Å². The molecule has 0 radical (unpaired) electrons. The van der Waals surface area contributed by atoms with E-state index in [9.17, 15) is 9.90 Å². The summed E-state index contributed by atoms with van der Waals surface area (Å²) < 4.78 is 4.54. The van der Waals surface area contributed by atoms with Crippen molar-refractivity contribution in [3.63, 3.8) is 0 Å². The van der Waals surface area contributed by atoms with Crippen LogP contribution in [0.5, 0.6) is 5.75 Å². The van der Waals surface area contributed by atoms with Crippen LogP contribution in [0.3, 0.4) is 0 Å². The summed E-state index contributed by atoms with van der Waals surface area (Å²) in [6.07, 6.45) is 8.19. The van der Waals surface area contributed by atoms with Crippen LogP contribution in [0, 0.1) is 11.3 Å². The largest absolute Gasteiger partial charge is 0.507 e. The Morgan fingerprint density at radius 3 is 2.55 bits per heavy atom. The molecule has 3 aliphatic rings. The van der Waals surface area contributed by atoms with Crippen LogP contribution < -0.4 is 11.6 Å². The molecule has 1 spiro atoms. The molecule has 1 saturated heterocycles. The van der Waals surface area contributed by atoms with Gasteiger partial charge in [-0.25, -0.2) is 5.84 Å². The van der Waals surface area contributed by atoms with Crippen LogP contribution in [-0.4, -0.2) is 64.3 Å². The number of aldehydes is 1. The van der Waals surface area contributed by atoms with Crippen molar-refractivity contribution >= 4 is 17.2 Å². The molecule has 2 saturated carbocycles. The first-order chi connectivity index (χ1) is 19.4. The molecule has 2 aromatic carbocycles. The third-order valence-electron chi connectivity index (χ3n) is 8.73. The first-order valence-electron chi connectivity index (χ1n) is 14.1. The number of phenols is 1. The number of aromatic nitrogens is 2. The van der Waals surface area contributed by atoms with Crippen molar-refractivity contribution in [2.24, 2.45) is 22.9 Å². The highest BCUT2D eigenvalue weighted by atomic mass is 16.5. The number of hydrogen-bond acceptors (Lipinski definition) is 9. The van der Waals surface area contributed by atoms with Crippen LogP contribution in [0.2, 0.25) is 0 Å². The number of likely N-dealkylation sites (tertiary alicyclic amines) is 1. The summed E-state index contributed by atoms with van der Waals surface area (Å²) in [5.41, 5.74) is 10.1. The molecule has 9 heteroatoms. The average molecular weight is 545 g/mol. The van der Waals surface area contributed by atoms with Crippen LogP contribution in [0.4, 0.5) is 0 Å². The Balaban J connectivity index is 0.000000758. The smallest absolute Gasteiger partial charge is 0.144 e. The van der Waals surface area contributed by atoms with Gasteiger partial charge in [-0.05, 0) is 74.3 Å². The molecule has 0 amide bonds. The molecule has 6 rings (SSSR count). The molecule has 1 aliphatic heterocycles. The van der Waals surface area contributed by atoms with E-state index in [0.29, 0.717) is 34.3 Å². The topological polar surface area (TPSA) is 131 Å². The summed E-state index contributed by atoms with van der Waals surface area (Å²) in [6, 6.07) is 15.3. The molecule has 212 valence electrons. The summed E-state index contributed by atoms with van der Waals surface area (Å²) in [5.74, 6) is 7.85. The summed E-state index contributed by atoms with van der Waals surface area (Å²) >= 11 is 0. The number of hydrazine groups is 1. The van der Waals surface area contributed by atoms with Crippen molar-refractivity contribution in [2.45, 2.75) is 51.0 Å². The minimum Gasteiger partial charge on any atom is -0.507 e. The second-order valence-electron chi connectivity index (χ2n) is 11.4. The fourth-order valence-corrected chi connectivity index (χ4v) is 6.08. The zero-order valence-corrected chi connectivity index (χ0v) is 23.4. The number of ether oxygens (including phenoxy) is 1. The Morgan fingerprint density at radius 2 is 1.93 bits per heavy atom. The number of methoxy groups -OCH3 is 1. The van der Waals surface area contributed by atoms with Crippen LogP contribution in [0.25, 0.3) is 22.2 Å². The number of carbonyl (C=O) groups is 1. The minimum absolute atomic E-state index is 0.202. The number of aromatic hydroxyl groups is 1. The summed E-state index contributed by atoms with van der Waals surface area (Å²) in [5, 5.41) is 21.4. The van der Waals surface area contributed by atoms with E-state index >= 15 is 0 Å². The van der Waals surface area contributed by atoms with Gasteiger partial charge < -0.3 is 30.3 Å². The summed E-state index contributed by atoms with van der Waals surface area (Å²) in [7, 11) is 1.68. The predicted octanol–water partition coefficient (Wildman–Crippen LogP) is 4.14. The number of para-hydroxylation sites is 1. The van der Waals surface area contributed by atoms with Crippen LogP contribution >= 0.6 is 0 Å².